The topological polar surface area (TPSA) is 109 Å². The first kappa shape index (κ1) is 19.5. The maximum atomic E-state index is 12.9. The predicted octanol–water partition coefficient (Wildman–Crippen LogP) is 4.12. The molecule has 3 heterocycles. The monoisotopic (exact) mass is 428 g/mol. The number of ether oxygens (including phenoxy) is 1. The molecule has 8 nitrogen and oxygen atoms in total. The van der Waals surface area contributed by atoms with Crippen LogP contribution in [-0.4, -0.2) is 28.7 Å². The van der Waals surface area contributed by atoms with Crippen molar-refractivity contribution in [1.29, 1.82) is 0 Å². The van der Waals surface area contributed by atoms with Crippen molar-refractivity contribution in [3.05, 3.63) is 82.6 Å². The molecule has 0 fully saturated rings. The molecule has 0 atom stereocenters. The molecule has 2 aromatic carbocycles. The smallest absolute Gasteiger partial charge is 0.338 e. The number of esters is 1. The zero-order valence-corrected chi connectivity index (χ0v) is 16.9. The summed E-state index contributed by atoms with van der Waals surface area (Å²) in [5.41, 5.74) is 3.56. The first-order chi connectivity index (χ1) is 15.4. The van der Waals surface area contributed by atoms with Crippen molar-refractivity contribution in [1.82, 2.24) is 0 Å². The van der Waals surface area contributed by atoms with E-state index in [1.54, 1.807) is 31.2 Å². The standard InChI is InChI=1S/C24H16N2O6/c1-13-19(22(27)26(25-13)17-6-4-14(5-7-17)23(28)29)11-18-8-9-21(32-18)15-2-3-16-12-31-24(30)20(16)10-15/h2-11H,12H2,1H3,(H,28,29). The molecule has 0 bridgehead atoms. The fourth-order valence-electron chi connectivity index (χ4n) is 3.60. The van der Waals surface area contributed by atoms with E-state index in [9.17, 15) is 14.4 Å². The second-order valence-electron chi connectivity index (χ2n) is 7.36. The molecule has 0 saturated heterocycles. The third-order valence-corrected chi connectivity index (χ3v) is 5.31. The lowest BCUT2D eigenvalue weighted by Crippen LogP contribution is -2.21. The van der Waals surface area contributed by atoms with Gasteiger partial charge in [0.1, 0.15) is 18.1 Å². The van der Waals surface area contributed by atoms with Gasteiger partial charge in [-0.2, -0.15) is 10.1 Å². The lowest BCUT2D eigenvalue weighted by molar-refractivity contribution is -0.114. The molecule has 0 radical (unpaired) electrons. The molecule has 2 aliphatic heterocycles. The van der Waals surface area contributed by atoms with Gasteiger partial charge < -0.3 is 14.3 Å². The number of furan rings is 1. The fraction of sp³-hybridized carbons (Fsp3) is 0.0833. The van der Waals surface area contributed by atoms with Gasteiger partial charge in [-0.1, -0.05) is 12.1 Å². The Bertz CT molecular complexity index is 1350. The molecule has 0 spiro atoms. The van der Waals surface area contributed by atoms with Crippen molar-refractivity contribution in [3.8, 4) is 11.3 Å². The summed E-state index contributed by atoms with van der Waals surface area (Å²) in [5.74, 6) is -0.720. The van der Waals surface area contributed by atoms with Crippen molar-refractivity contribution < 1.29 is 28.6 Å². The summed E-state index contributed by atoms with van der Waals surface area (Å²) in [4.78, 5) is 35.8. The van der Waals surface area contributed by atoms with Crippen molar-refractivity contribution in [2.45, 2.75) is 13.5 Å². The third kappa shape index (κ3) is 3.27. The Morgan fingerprint density at radius 2 is 1.88 bits per heavy atom. The first-order valence-corrected chi connectivity index (χ1v) is 9.76. The van der Waals surface area contributed by atoms with Crippen LogP contribution in [0.5, 0.6) is 0 Å². The number of hydrogen-bond acceptors (Lipinski definition) is 6. The molecule has 0 saturated carbocycles. The molecule has 5 rings (SSSR count). The Labute approximate surface area is 182 Å². The highest BCUT2D eigenvalue weighted by Gasteiger charge is 2.29. The minimum absolute atomic E-state index is 0.125. The van der Waals surface area contributed by atoms with Crippen molar-refractivity contribution >= 4 is 35.3 Å². The molecule has 3 aromatic rings. The van der Waals surface area contributed by atoms with Crippen LogP contribution in [-0.2, 0) is 16.1 Å². The third-order valence-electron chi connectivity index (χ3n) is 5.31. The second kappa shape index (κ2) is 7.35. The summed E-state index contributed by atoms with van der Waals surface area (Å²) in [7, 11) is 0. The van der Waals surface area contributed by atoms with Crippen LogP contribution < -0.4 is 5.01 Å². The molecule has 32 heavy (non-hydrogen) atoms. The van der Waals surface area contributed by atoms with E-state index in [4.69, 9.17) is 14.3 Å². The molecule has 1 aromatic heterocycles. The number of carboxylic acids is 1. The summed E-state index contributed by atoms with van der Waals surface area (Å²) in [6.45, 7) is 1.99. The highest BCUT2D eigenvalue weighted by Crippen LogP contribution is 2.30. The van der Waals surface area contributed by atoms with E-state index in [0.29, 0.717) is 34.1 Å². The minimum atomic E-state index is -1.04. The van der Waals surface area contributed by atoms with E-state index < -0.39 is 5.97 Å². The molecule has 0 aliphatic carbocycles. The summed E-state index contributed by atoms with van der Waals surface area (Å²) < 4.78 is 10.9. The maximum Gasteiger partial charge on any atom is 0.338 e. The summed E-state index contributed by atoms with van der Waals surface area (Å²) in [6.07, 6.45) is 1.61. The molecular weight excluding hydrogens is 412 g/mol. The van der Waals surface area contributed by atoms with E-state index in [1.165, 1.54) is 29.3 Å². The molecule has 2 aliphatic rings. The van der Waals surface area contributed by atoms with E-state index in [-0.39, 0.29) is 24.0 Å². The molecular formula is C24H16N2O6. The van der Waals surface area contributed by atoms with Crippen LogP contribution in [0.25, 0.3) is 17.4 Å². The fourth-order valence-corrected chi connectivity index (χ4v) is 3.60. The number of carboxylic acid groups (broad SMARTS) is 1. The van der Waals surface area contributed by atoms with Gasteiger partial charge in [0.2, 0.25) is 0 Å². The second-order valence-corrected chi connectivity index (χ2v) is 7.36. The number of carbonyl (C=O) groups is 3. The van der Waals surface area contributed by atoms with Gasteiger partial charge in [0, 0.05) is 11.1 Å². The van der Waals surface area contributed by atoms with Crippen LogP contribution in [0.3, 0.4) is 0 Å². The minimum Gasteiger partial charge on any atom is -0.478 e. The Balaban J connectivity index is 1.40. The Morgan fingerprint density at radius 3 is 2.62 bits per heavy atom. The number of aromatic carboxylic acids is 1. The Kier molecular flexibility index (Phi) is 4.48. The van der Waals surface area contributed by atoms with Crippen LogP contribution in [0.15, 0.2) is 69.7 Å². The van der Waals surface area contributed by atoms with Crippen LogP contribution in [0.2, 0.25) is 0 Å². The average molecular weight is 428 g/mol. The number of rotatable bonds is 4. The first-order valence-electron chi connectivity index (χ1n) is 9.76. The Morgan fingerprint density at radius 1 is 1.09 bits per heavy atom. The number of carbonyl (C=O) groups excluding carboxylic acids is 2. The van der Waals surface area contributed by atoms with Gasteiger partial charge in [-0.15, -0.1) is 0 Å². The lowest BCUT2D eigenvalue weighted by atomic mass is 10.0. The molecule has 158 valence electrons. The van der Waals surface area contributed by atoms with Gasteiger partial charge in [-0.3, -0.25) is 4.79 Å². The SMILES string of the molecule is CC1=NN(c2ccc(C(=O)O)cc2)C(=O)C1=Cc1ccc(-c2ccc3c(c2)C(=O)OC3)o1. The molecule has 1 N–H and O–H groups in total. The molecule has 1 amide bonds. The largest absolute Gasteiger partial charge is 0.478 e. The lowest BCUT2D eigenvalue weighted by Gasteiger charge is -2.11. The van der Waals surface area contributed by atoms with Gasteiger partial charge in [0.05, 0.1) is 28.1 Å². The zero-order valence-electron chi connectivity index (χ0n) is 16.9. The van der Waals surface area contributed by atoms with Gasteiger partial charge in [0.25, 0.3) is 5.91 Å². The maximum absolute atomic E-state index is 12.9. The van der Waals surface area contributed by atoms with Crippen molar-refractivity contribution in [2.75, 3.05) is 5.01 Å². The van der Waals surface area contributed by atoms with Crippen LogP contribution in [0.1, 0.15) is 39.0 Å². The zero-order chi connectivity index (χ0) is 22.4. The normalized spacial score (nSPS) is 16.3. The highest BCUT2D eigenvalue weighted by atomic mass is 16.5. The number of hydrogen-bond donors (Lipinski definition) is 1. The number of amides is 1. The van der Waals surface area contributed by atoms with Crippen LogP contribution in [0, 0.1) is 0 Å². The Hall–Kier alpha value is -4.46. The van der Waals surface area contributed by atoms with E-state index in [1.807, 2.05) is 12.1 Å². The quantitative estimate of drug-likeness (QED) is 0.495. The number of hydrazone groups is 1. The van der Waals surface area contributed by atoms with E-state index >= 15 is 0 Å². The number of nitrogens with zero attached hydrogens (tertiary/aromatic N) is 2. The predicted molar refractivity (Wildman–Crippen MR) is 115 cm³/mol. The summed E-state index contributed by atoms with van der Waals surface area (Å²) in [6, 6.07) is 14.8. The van der Waals surface area contributed by atoms with Gasteiger partial charge in [-0.05, 0) is 55.5 Å². The number of cyclic esters (lactones) is 1. The van der Waals surface area contributed by atoms with Crippen molar-refractivity contribution in [3.63, 3.8) is 0 Å². The summed E-state index contributed by atoms with van der Waals surface area (Å²) >= 11 is 0. The van der Waals surface area contributed by atoms with Crippen LogP contribution in [0.4, 0.5) is 5.69 Å². The molecule has 8 heteroatoms. The average Bonchev–Trinajstić information content (AvgIpc) is 3.48. The van der Waals surface area contributed by atoms with Crippen molar-refractivity contribution in [2.24, 2.45) is 5.10 Å². The number of anilines is 1. The summed E-state index contributed by atoms with van der Waals surface area (Å²) in [5, 5.41) is 14.6. The van der Waals surface area contributed by atoms with E-state index in [2.05, 4.69) is 5.10 Å². The van der Waals surface area contributed by atoms with E-state index in [0.717, 1.165) is 11.1 Å². The number of benzene rings is 2. The van der Waals surface area contributed by atoms with Gasteiger partial charge in [0.15, 0.2) is 0 Å². The van der Waals surface area contributed by atoms with Crippen LogP contribution >= 0.6 is 0 Å². The highest BCUT2D eigenvalue weighted by molar-refractivity contribution is 6.32. The number of fused-ring (bicyclic) bond motifs is 1. The van der Waals surface area contributed by atoms with Gasteiger partial charge >= 0.3 is 11.9 Å². The van der Waals surface area contributed by atoms with Gasteiger partial charge in [-0.25, -0.2) is 9.59 Å². The molecule has 0 unspecified atom stereocenters.